The molecule has 0 radical (unpaired) electrons. The van der Waals surface area contributed by atoms with Crippen LogP contribution in [0.4, 0.5) is 4.39 Å². The third kappa shape index (κ3) is 3.89. The van der Waals surface area contributed by atoms with Crippen LogP contribution in [0.5, 0.6) is 0 Å². The van der Waals surface area contributed by atoms with Crippen LogP contribution >= 0.6 is 27.3 Å². The van der Waals surface area contributed by atoms with E-state index in [-0.39, 0.29) is 18.0 Å². The van der Waals surface area contributed by atoms with E-state index in [9.17, 15) is 14.3 Å². The monoisotopic (exact) mass is 411 g/mol. The lowest BCUT2D eigenvalue weighted by Gasteiger charge is -2.21. The molecule has 0 aliphatic rings. The second kappa shape index (κ2) is 7.52. The Bertz CT molecular complexity index is 912. The van der Waals surface area contributed by atoms with Crippen molar-refractivity contribution in [2.45, 2.75) is 13.1 Å². The molecule has 2 heterocycles. The topological polar surface area (TPSA) is 69.2 Å². The maximum atomic E-state index is 14.0. The van der Waals surface area contributed by atoms with Crippen molar-refractivity contribution in [2.75, 3.05) is 13.2 Å². The van der Waals surface area contributed by atoms with Crippen LogP contribution in [-0.2, 0) is 13.1 Å². The fraction of sp³-hybridized carbons (Fsp3) is 0.250. The molecule has 1 aromatic carbocycles. The molecule has 0 spiro atoms. The Balaban J connectivity index is 1.84. The maximum absolute atomic E-state index is 14.0. The smallest absolute Gasteiger partial charge is 0.268 e. The summed E-state index contributed by atoms with van der Waals surface area (Å²) in [5, 5.41) is 11.1. The summed E-state index contributed by atoms with van der Waals surface area (Å²) in [7, 11) is 0. The Morgan fingerprint density at radius 2 is 2.17 bits per heavy atom. The van der Waals surface area contributed by atoms with E-state index in [1.165, 1.54) is 17.4 Å². The first-order chi connectivity index (χ1) is 11.6. The second-order valence-electron chi connectivity index (χ2n) is 5.32. The number of fused-ring (bicyclic) bond motifs is 1. The van der Waals surface area contributed by atoms with Crippen LogP contribution in [0, 0.1) is 5.82 Å². The van der Waals surface area contributed by atoms with Gasteiger partial charge in [0, 0.05) is 23.1 Å². The molecule has 5 nitrogen and oxygen atoms in total. The molecule has 0 fully saturated rings. The van der Waals surface area contributed by atoms with Crippen molar-refractivity contribution in [1.82, 2.24) is 14.9 Å². The van der Waals surface area contributed by atoms with E-state index in [2.05, 4.69) is 25.9 Å². The predicted molar refractivity (Wildman–Crippen MR) is 95.5 cm³/mol. The molecule has 126 valence electrons. The lowest BCUT2D eigenvalue weighted by atomic mass is 10.2. The quantitative estimate of drug-likeness (QED) is 0.654. The molecule has 3 rings (SSSR count). The van der Waals surface area contributed by atoms with E-state index in [0.29, 0.717) is 41.2 Å². The number of H-pyrrole nitrogens is 1. The molecule has 0 atom stereocenters. The van der Waals surface area contributed by atoms with Crippen molar-refractivity contribution in [3.8, 4) is 0 Å². The molecule has 3 aromatic rings. The molecule has 0 aliphatic carbocycles. The van der Waals surface area contributed by atoms with Gasteiger partial charge in [-0.3, -0.25) is 9.69 Å². The van der Waals surface area contributed by atoms with Gasteiger partial charge >= 0.3 is 0 Å². The molecule has 0 unspecified atom stereocenters. The van der Waals surface area contributed by atoms with Gasteiger partial charge < -0.3 is 10.1 Å². The fourth-order valence-electron chi connectivity index (χ4n) is 2.47. The van der Waals surface area contributed by atoms with Crippen molar-refractivity contribution in [2.24, 2.45) is 0 Å². The molecular formula is C16H15BrFN3O2S. The first kappa shape index (κ1) is 17.2. The summed E-state index contributed by atoms with van der Waals surface area (Å²) < 4.78 is 15.3. The number of halogens is 2. The van der Waals surface area contributed by atoms with Crippen molar-refractivity contribution < 1.29 is 9.50 Å². The fourth-order valence-corrected chi connectivity index (χ4v) is 3.60. The highest BCUT2D eigenvalue weighted by atomic mass is 79.9. The van der Waals surface area contributed by atoms with Crippen LogP contribution in [0.1, 0.15) is 11.4 Å². The van der Waals surface area contributed by atoms with Gasteiger partial charge in [-0.15, -0.1) is 11.3 Å². The van der Waals surface area contributed by atoms with Gasteiger partial charge in [0.25, 0.3) is 5.56 Å². The normalized spacial score (nSPS) is 11.5. The minimum absolute atomic E-state index is 0.0689. The summed E-state index contributed by atoms with van der Waals surface area (Å²) in [6, 6.07) is 6.54. The number of nitrogens with zero attached hydrogens (tertiary/aromatic N) is 2. The van der Waals surface area contributed by atoms with Gasteiger partial charge in [-0.2, -0.15) is 0 Å². The number of nitrogens with one attached hydrogen (secondary N) is 1. The molecule has 0 aliphatic heterocycles. The number of aliphatic hydroxyl groups is 1. The van der Waals surface area contributed by atoms with Crippen LogP contribution in [0.25, 0.3) is 10.2 Å². The zero-order chi connectivity index (χ0) is 17.1. The molecule has 0 saturated carbocycles. The van der Waals surface area contributed by atoms with Crippen molar-refractivity contribution in [1.29, 1.82) is 0 Å². The van der Waals surface area contributed by atoms with Crippen molar-refractivity contribution in [3.63, 3.8) is 0 Å². The number of aromatic amines is 1. The summed E-state index contributed by atoms with van der Waals surface area (Å²) in [5.41, 5.74) is 0.982. The third-order valence-electron chi connectivity index (χ3n) is 3.56. The van der Waals surface area contributed by atoms with E-state index < -0.39 is 0 Å². The first-order valence-corrected chi connectivity index (χ1v) is 8.97. The molecule has 24 heavy (non-hydrogen) atoms. The van der Waals surface area contributed by atoms with E-state index >= 15 is 0 Å². The van der Waals surface area contributed by atoms with Crippen LogP contribution < -0.4 is 5.56 Å². The van der Waals surface area contributed by atoms with Crippen LogP contribution in [-0.4, -0.2) is 33.1 Å². The van der Waals surface area contributed by atoms with Crippen molar-refractivity contribution in [3.05, 3.63) is 61.7 Å². The standard InChI is InChI=1S/C16H15BrFN3O2S/c17-11-1-2-12(18)10(7-11)8-21(4-5-22)9-14-19-13-3-6-24-15(13)16(23)20-14/h1-3,6-7,22H,4-5,8-9H2,(H,19,20,23). The van der Waals surface area contributed by atoms with E-state index in [4.69, 9.17) is 0 Å². The molecule has 8 heteroatoms. The molecule has 0 saturated heterocycles. The van der Waals surface area contributed by atoms with Gasteiger partial charge in [0.05, 0.1) is 18.7 Å². The Morgan fingerprint density at radius 3 is 2.96 bits per heavy atom. The minimum Gasteiger partial charge on any atom is -0.395 e. The SMILES string of the molecule is O=c1[nH]c(CN(CCO)Cc2cc(Br)ccc2F)nc2ccsc12. The Labute approximate surface area is 149 Å². The first-order valence-electron chi connectivity index (χ1n) is 7.30. The molecule has 2 aromatic heterocycles. The Morgan fingerprint density at radius 1 is 1.33 bits per heavy atom. The average Bonchev–Trinajstić information content (AvgIpc) is 3.00. The molecular weight excluding hydrogens is 397 g/mol. The van der Waals surface area contributed by atoms with Crippen LogP contribution in [0.15, 0.2) is 38.9 Å². The number of hydrogen-bond donors (Lipinski definition) is 2. The van der Waals surface area contributed by atoms with Crippen LogP contribution in [0.3, 0.4) is 0 Å². The number of thiophene rings is 1. The van der Waals surface area contributed by atoms with Gasteiger partial charge in [-0.1, -0.05) is 15.9 Å². The van der Waals surface area contributed by atoms with Crippen LogP contribution in [0.2, 0.25) is 0 Å². The number of aromatic nitrogens is 2. The summed E-state index contributed by atoms with van der Waals surface area (Å²) in [6.07, 6.45) is 0. The summed E-state index contributed by atoms with van der Waals surface area (Å²) in [6.45, 7) is 0.892. The van der Waals surface area contributed by atoms with E-state index in [1.807, 2.05) is 10.3 Å². The third-order valence-corrected chi connectivity index (χ3v) is 4.95. The second-order valence-corrected chi connectivity index (χ2v) is 7.15. The summed E-state index contributed by atoms with van der Waals surface area (Å²) in [5.74, 6) is 0.186. The summed E-state index contributed by atoms with van der Waals surface area (Å²) >= 11 is 4.67. The molecule has 0 bridgehead atoms. The van der Waals surface area contributed by atoms with Gasteiger partial charge in [0.2, 0.25) is 0 Å². The van der Waals surface area contributed by atoms with Gasteiger partial charge in [0.1, 0.15) is 16.3 Å². The molecule has 0 amide bonds. The highest BCUT2D eigenvalue weighted by Gasteiger charge is 2.13. The van der Waals surface area contributed by atoms with Gasteiger partial charge in [-0.05, 0) is 29.6 Å². The van der Waals surface area contributed by atoms with Gasteiger partial charge in [-0.25, -0.2) is 9.37 Å². The Hall–Kier alpha value is -1.61. The number of hydrogen-bond acceptors (Lipinski definition) is 5. The number of rotatable bonds is 6. The lowest BCUT2D eigenvalue weighted by molar-refractivity contribution is 0.179. The highest BCUT2D eigenvalue weighted by Crippen LogP contribution is 2.18. The highest BCUT2D eigenvalue weighted by molar-refractivity contribution is 9.10. The van der Waals surface area contributed by atoms with E-state index in [1.54, 1.807) is 18.2 Å². The largest absolute Gasteiger partial charge is 0.395 e. The zero-order valence-corrected chi connectivity index (χ0v) is 15.0. The van der Waals surface area contributed by atoms with Gasteiger partial charge in [0.15, 0.2) is 0 Å². The summed E-state index contributed by atoms with van der Waals surface area (Å²) in [4.78, 5) is 21.1. The maximum Gasteiger partial charge on any atom is 0.268 e. The van der Waals surface area contributed by atoms with E-state index in [0.717, 1.165) is 4.47 Å². The average molecular weight is 412 g/mol. The number of benzene rings is 1. The predicted octanol–water partition coefficient (Wildman–Crippen LogP) is 2.88. The lowest BCUT2D eigenvalue weighted by Crippen LogP contribution is -2.28. The van der Waals surface area contributed by atoms with Crippen molar-refractivity contribution >= 4 is 37.5 Å². The Kier molecular flexibility index (Phi) is 5.40. The number of aliphatic hydroxyl groups excluding tert-OH is 1. The minimum atomic E-state index is -0.309. The zero-order valence-electron chi connectivity index (χ0n) is 12.6. The molecule has 2 N–H and O–H groups in total.